The first-order valence-corrected chi connectivity index (χ1v) is 6.55. The molecule has 0 aliphatic heterocycles. The van der Waals surface area contributed by atoms with Gasteiger partial charge < -0.3 is 15.5 Å². The van der Waals surface area contributed by atoms with Gasteiger partial charge >= 0.3 is 0 Å². The minimum Gasteiger partial charge on any atom is -0.393 e. The number of nitrogens with one attached hydrogen (secondary N) is 1. The Morgan fingerprint density at radius 2 is 2.11 bits per heavy atom. The molecular weight excluding hydrogens is 226 g/mol. The molecule has 3 N–H and O–H groups in total. The third-order valence-electron chi connectivity index (χ3n) is 3.12. The Hall–Kier alpha value is -0.900. The van der Waals surface area contributed by atoms with Gasteiger partial charge in [-0.3, -0.25) is 0 Å². The smallest absolute Gasteiger partial charge is 0.0972 e. The Morgan fingerprint density at radius 3 is 2.72 bits per heavy atom. The summed E-state index contributed by atoms with van der Waals surface area (Å²) in [4.78, 5) is 0. The second-order valence-electron chi connectivity index (χ2n) is 5.46. The third-order valence-corrected chi connectivity index (χ3v) is 3.12. The standard InChI is InChI=1S/C15H25NO2/c1-12-5-4-6-14(9-12)8-7-13(2)16-10-15(3,18)11-17/h4-6,9,13,16-18H,7-8,10-11H2,1-3H3. The predicted octanol–water partition coefficient (Wildman–Crippen LogP) is 1.65. The van der Waals surface area contributed by atoms with E-state index in [-0.39, 0.29) is 6.61 Å². The average Bonchev–Trinajstić information content (AvgIpc) is 2.34. The van der Waals surface area contributed by atoms with Crippen molar-refractivity contribution in [2.24, 2.45) is 0 Å². The van der Waals surface area contributed by atoms with E-state index in [1.165, 1.54) is 11.1 Å². The maximum atomic E-state index is 9.68. The highest BCUT2D eigenvalue weighted by molar-refractivity contribution is 5.22. The number of aliphatic hydroxyl groups is 2. The molecule has 0 spiro atoms. The zero-order valence-electron chi connectivity index (χ0n) is 11.6. The fourth-order valence-corrected chi connectivity index (χ4v) is 1.80. The number of aryl methyl sites for hydroxylation is 2. The van der Waals surface area contributed by atoms with Crippen LogP contribution in [0.1, 0.15) is 31.4 Å². The van der Waals surface area contributed by atoms with E-state index >= 15 is 0 Å². The molecular formula is C15H25NO2. The van der Waals surface area contributed by atoms with Crippen LogP contribution in [0.25, 0.3) is 0 Å². The van der Waals surface area contributed by atoms with Crippen molar-refractivity contribution in [2.75, 3.05) is 13.2 Å². The number of hydrogen-bond acceptors (Lipinski definition) is 3. The lowest BCUT2D eigenvalue weighted by molar-refractivity contribution is 0.000955. The van der Waals surface area contributed by atoms with Gasteiger partial charge in [-0.05, 0) is 39.2 Å². The quantitative estimate of drug-likeness (QED) is 0.690. The van der Waals surface area contributed by atoms with Gasteiger partial charge in [0.05, 0.1) is 12.2 Å². The summed E-state index contributed by atoms with van der Waals surface area (Å²) in [5.41, 5.74) is 1.60. The summed E-state index contributed by atoms with van der Waals surface area (Å²) in [5.74, 6) is 0. The molecule has 0 saturated carbocycles. The lowest BCUT2D eigenvalue weighted by atomic mass is 10.0. The number of aliphatic hydroxyl groups excluding tert-OH is 1. The molecule has 0 aliphatic rings. The van der Waals surface area contributed by atoms with Crippen molar-refractivity contribution in [3.8, 4) is 0 Å². The molecule has 0 amide bonds. The zero-order valence-corrected chi connectivity index (χ0v) is 11.6. The largest absolute Gasteiger partial charge is 0.393 e. The lowest BCUT2D eigenvalue weighted by Crippen LogP contribution is -2.44. The highest BCUT2D eigenvalue weighted by Gasteiger charge is 2.19. The Kier molecular flexibility index (Phi) is 5.79. The summed E-state index contributed by atoms with van der Waals surface area (Å²) in [5, 5.41) is 21.9. The zero-order chi connectivity index (χ0) is 13.6. The summed E-state index contributed by atoms with van der Waals surface area (Å²) >= 11 is 0. The fourth-order valence-electron chi connectivity index (χ4n) is 1.80. The summed E-state index contributed by atoms with van der Waals surface area (Å²) in [6.45, 7) is 6.03. The van der Waals surface area contributed by atoms with Crippen LogP contribution in [0.15, 0.2) is 24.3 Å². The van der Waals surface area contributed by atoms with Crippen molar-refractivity contribution in [3.63, 3.8) is 0 Å². The molecule has 0 fully saturated rings. The maximum Gasteiger partial charge on any atom is 0.0972 e. The summed E-state index contributed by atoms with van der Waals surface area (Å²) in [6, 6.07) is 8.85. The highest BCUT2D eigenvalue weighted by Crippen LogP contribution is 2.08. The third kappa shape index (κ3) is 5.63. The number of hydrogen-bond donors (Lipinski definition) is 3. The van der Waals surface area contributed by atoms with Gasteiger partial charge in [0.1, 0.15) is 0 Å². The Labute approximate surface area is 110 Å². The molecule has 0 aromatic heterocycles. The molecule has 0 heterocycles. The minimum absolute atomic E-state index is 0.218. The van der Waals surface area contributed by atoms with Gasteiger partial charge in [0.2, 0.25) is 0 Å². The van der Waals surface area contributed by atoms with Crippen LogP contribution < -0.4 is 5.32 Å². The molecule has 0 aliphatic carbocycles. The molecule has 1 aromatic carbocycles. The van der Waals surface area contributed by atoms with E-state index in [0.717, 1.165) is 12.8 Å². The van der Waals surface area contributed by atoms with Crippen molar-refractivity contribution >= 4 is 0 Å². The van der Waals surface area contributed by atoms with E-state index in [4.69, 9.17) is 5.11 Å². The molecule has 0 saturated heterocycles. The lowest BCUT2D eigenvalue weighted by Gasteiger charge is -2.23. The molecule has 102 valence electrons. The highest BCUT2D eigenvalue weighted by atomic mass is 16.3. The second kappa shape index (κ2) is 6.88. The van der Waals surface area contributed by atoms with Crippen LogP contribution in [-0.2, 0) is 6.42 Å². The Morgan fingerprint density at radius 1 is 1.39 bits per heavy atom. The first-order chi connectivity index (χ1) is 8.43. The molecule has 0 bridgehead atoms. The number of benzene rings is 1. The molecule has 3 heteroatoms. The second-order valence-corrected chi connectivity index (χ2v) is 5.46. The first kappa shape index (κ1) is 15.2. The van der Waals surface area contributed by atoms with Gasteiger partial charge in [0.15, 0.2) is 0 Å². The van der Waals surface area contributed by atoms with Crippen LogP contribution in [0, 0.1) is 6.92 Å². The topological polar surface area (TPSA) is 52.5 Å². The number of rotatable bonds is 7. The van der Waals surface area contributed by atoms with Gasteiger partial charge in [0, 0.05) is 12.6 Å². The molecule has 1 rings (SSSR count). The van der Waals surface area contributed by atoms with Crippen molar-refractivity contribution < 1.29 is 10.2 Å². The molecule has 0 radical (unpaired) electrons. The SMILES string of the molecule is Cc1cccc(CCC(C)NCC(C)(O)CO)c1. The van der Waals surface area contributed by atoms with Crippen LogP contribution in [0.2, 0.25) is 0 Å². The van der Waals surface area contributed by atoms with Crippen LogP contribution >= 0.6 is 0 Å². The molecule has 2 unspecified atom stereocenters. The van der Waals surface area contributed by atoms with Gasteiger partial charge in [-0.25, -0.2) is 0 Å². The van der Waals surface area contributed by atoms with E-state index < -0.39 is 5.60 Å². The molecule has 3 nitrogen and oxygen atoms in total. The van der Waals surface area contributed by atoms with Crippen molar-refractivity contribution in [1.29, 1.82) is 0 Å². The summed E-state index contributed by atoms with van der Waals surface area (Å²) < 4.78 is 0. The predicted molar refractivity (Wildman–Crippen MR) is 74.7 cm³/mol. The first-order valence-electron chi connectivity index (χ1n) is 6.55. The maximum absolute atomic E-state index is 9.68. The molecule has 18 heavy (non-hydrogen) atoms. The van der Waals surface area contributed by atoms with Crippen molar-refractivity contribution in [3.05, 3.63) is 35.4 Å². The van der Waals surface area contributed by atoms with Gasteiger partial charge in [-0.2, -0.15) is 0 Å². The van der Waals surface area contributed by atoms with E-state index in [1.54, 1.807) is 6.92 Å². The average molecular weight is 251 g/mol. The summed E-state index contributed by atoms with van der Waals surface area (Å²) in [6.07, 6.45) is 2.04. The van der Waals surface area contributed by atoms with Gasteiger partial charge in [-0.15, -0.1) is 0 Å². The van der Waals surface area contributed by atoms with E-state index in [2.05, 4.69) is 43.4 Å². The Balaban J connectivity index is 2.31. The molecule has 1 aromatic rings. The normalized spacial score (nSPS) is 16.3. The van der Waals surface area contributed by atoms with Crippen LogP contribution in [0.3, 0.4) is 0 Å². The molecule has 2 atom stereocenters. The van der Waals surface area contributed by atoms with Crippen molar-refractivity contribution in [2.45, 2.75) is 45.3 Å². The van der Waals surface area contributed by atoms with E-state index in [1.807, 2.05) is 0 Å². The monoisotopic (exact) mass is 251 g/mol. The van der Waals surface area contributed by atoms with E-state index in [9.17, 15) is 5.11 Å². The van der Waals surface area contributed by atoms with E-state index in [0.29, 0.717) is 12.6 Å². The fraction of sp³-hybridized carbons (Fsp3) is 0.600. The van der Waals surface area contributed by atoms with Crippen LogP contribution in [0.5, 0.6) is 0 Å². The summed E-state index contributed by atoms with van der Waals surface area (Å²) in [7, 11) is 0. The van der Waals surface area contributed by atoms with Crippen molar-refractivity contribution in [1.82, 2.24) is 5.32 Å². The van der Waals surface area contributed by atoms with Crippen LogP contribution in [0.4, 0.5) is 0 Å². The Bertz CT molecular complexity index is 363. The van der Waals surface area contributed by atoms with Gasteiger partial charge in [0.25, 0.3) is 0 Å². The minimum atomic E-state index is -1.03. The van der Waals surface area contributed by atoms with Crippen LogP contribution in [-0.4, -0.2) is 35.0 Å². The van der Waals surface area contributed by atoms with Gasteiger partial charge in [-0.1, -0.05) is 29.8 Å².